The molecule has 6 rings (SSSR count). The molecule has 0 bridgehead atoms. The van der Waals surface area contributed by atoms with Gasteiger partial charge in [-0.05, 0) is 24.0 Å². The van der Waals surface area contributed by atoms with Crippen LogP contribution < -0.4 is 5.49 Å². The van der Waals surface area contributed by atoms with Gasteiger partial charge in [-0.2, -0.15) is 15.4 Å². The lowest BCUT2D eigenvalue weighted by molar-refractivity contribution is -0.132. The molecule has 0 spiro atoms. The van der Waals surface area contributed by atoms with E-state index < -0.39 is 0 Å². The highest BCUT2D eigenvalue weighted by molar-refractivity contribution is 5.76. The van der Waals surface area contributed by atoms with Crippen molar-refractivity contribution in [3.63, 3.8) is 0 Å². The van der Waals surface area contributed by atoms with Crippen molar-refractivity contribution >= 4 is 17.1 Å². The van der Waals surface area contributed by atoms with Crippen molar-refractivity contribution in [2.45, 2.75) is 44.8 Å². The SMILES string of the molecule is O=C(CCn1cnc(=NC2Cc3ccccc3C2)c2[nH]cnc21)N1CCc2n[nH]nc2C1. The molecule has 3 aromatic heterocycles. The number of hydrogen-bond donors (Lipinski definition) is 2. The van der Waals surface area contributed by atoms with E-state index in [2.05, 4.69) is 54.6 Å². The molecule has 162 valence electrons. The van der Waals surface area contributed by atoms with Crippen LogP contribution >= 0.6 is 0 Å². The number of H-pyrrole nitrogens is 2. The minimum Gasteiger partial charge on any atom is -0.340 e. The number of fused-ring (bicyclic) bond motifs is 3. The molecule has 4 heterocycles. The Kier molecular flexibility index (Phi) is 4.55. The summed E-state index contributed by atoms with van der Waals surface area (Å²) in [4.78, 5) is 31.8. The molecule has 1 aliphatic heterocycles. The Morgan fingerprint density at radius 3 is 2.78 bits per heavy atom. The van der Waals surface area contributed by atoms with E-state index in [1.165, 1.54) is 11.1 Å². The summed E-state index contributed by atoms with van der Waals surface area (Å²) in [5.41, 5.74) is 6.78. The van der Waals surface area contributed by atoms with Gasteiger partial charge in [0.1, 0.15) is 11.2 Å². The van der Waals surface area contributed by atoms with E-state index >= 15 is 0 Å². The first-order valence-electron chi connectivity index (χ1n) is 10.9. The van der Waals surface area contributed by atoms with Gasteiger partial charge in [-0.1, -0.05) is 24.3 Å². The third kappa shape index (κ3) is 3.37. The van der Waals surface area contributed by atoms with Gasteiger partial charge in [0, 0.05) is 25.9 Å². The number of hydrogen-bond acceptors (Lipinski definition) is 6. The minimum absolute atomic E-state index is 0.0901. The number of aromatic amines is 2. The van der Waals surface area contributed by atoms with E-state index in [0.29, 0.717) is 31.5 Å². The van der Waals surface area contributed by atoms with Crippen molar-refractivity contribution in [1.29, 1.82) is 0 Å². The molecule has 4 aromatic rings. The van der Waals surface area contributed by atoms with Gasteiger partial charge in [0.15, 0.2) is 11.1 Å². The number of aromatic nitrogens is 7. The fraction of sp³-hybridized carbons (Fsp3) is 0.364. The number of nitrogens with one attached hydrogen (secondary N) is 2. The van der Waals surface area contributed by atoms with E-state index in [-0.39, 0.29) is 11.9 Å². The highest BCUT2D eigenvalue weighted by atomic mass is 16.2. The Hall–Kier alpha value is -3.82. The van der Waals surface area contributed by atoms with Gasteiger partial charge >= 0.3 is 0 Å². The standard InChI is InChI=1S/C22H23N9O/c32-19(30-7-5-17-18(11-30)28-29-27-17)6-8-31-13-25-21(20-22(31)24-12-23-20)26-16-9-14-3-1-2-4-15(14)10-16/h1-4,12-13,16H,5-11H2,(H,23,24)(H,27,28,29). The Morgan fingerprint density at radius 1 is 1.12 bits per heavy atom. The van der Waals surface area contributed by atoms with Gasteiger partial charge < -0.3 is 14.5 Å². The third-order valence-electron chi connectivity index (χ3n) is 6.35. The molecule has 0 atom stereocenters. The van der Waals surface area contributed by atoms with Crippen molar-refractivity contribution in [3.05, 3.63) is 64.9 Å². The molecule has 2 aliphatic rings. The molecule has 0 radical (unpaired) electrons. The Morgan fingerprint density at radius 2 is 1.94 bits per heavy atom. The summed E-state index contributed by atoms with van der Waals surface area (Å²) in [6.07, 6.45) is 6.36. The van der Waals surface area contributed by atoms with Crippen LogP contribution in [0.15, 0.2) is 41.9 Å². The quantitative estimate of drug-likeness (QED) is 0.500. The highest BCUT2D eigenvalue weighted by Gasteiger charge is 2.24. The normalized spacial score (nSPS) is 16.5. The summed E-state index contributed by atoms with van der Waals surface area (Å²) in [7, 11) is 0. The molecule has 1 aliphatic carbocycles. The molecule has 2 N–H and O–H groups in total. The fourth-order valence-electron chi connectivity index (χ4n) is 4.66. The van der Waals surface area contributed by atoms with Crippen LogP contribution in [0.2, 0.25) is 0 Å². The largest absolute Gasteiger partial charge is 0.340 e. The van der Waals surface area contributed by atoms with Crippen LogP contribution in [0, 0.1) is 0 Å². The van der Waals surface area contributed by atoms with Crippen molar-refractivity contribution in [1.82, 2.24) is 39.8 Å². The maximum Gasteiger partial charge on any atom is 0.224 e. The van der Waals surface area contributed by atoms with E-state index in [4.69, 9.17) is 4.99 Å². The third-order valence-corrected chi connectivity index (χ3v) is 6.35. The zero-order chi connectivity index (χ0) is 21.5. The highest BCUT2D eigenvalue weighted by Crippen LogP contribution is 2.23. The number of benzene rings is 1. The molecular formula is C22H23N9O. The van der Waals surface area contributed by atoms with Crippen LogP contribution in [0.1, 0.15) is 28.9 Å². The summed E-state index contributed by atoms with van der Waals surface area (Å²) in [6.45, 7) is 1.68. The topological polar surface area (TPSA) is 121 Å². The van der Waals surface area contributed by atoms with Crippen LogP contribution in [0.3, 0.4) is 0 Å². The predicted octanol–water partition coefficient (Wildman–Crippen LogP) is 0.921. The summed E-state index contributed by atoms with van der Waals surface area (Å²) < 4.78 is 1.91. The van der Waals surface area contributed by atoms with E-state index in [9.17, 15) is 4.79 Å². The van der Waals surface area contributed by atoms with Crippen LogP contribution in [0.4, 0.5) is 0 Å². The Bertz CT molecular complexity index is 1340. The molecule has 0 saturated carbocycles. The van der Waals surface area contributed by atoms with Crippen molar-refractivity contribution in [2.75, 3.05) is 6.54 Å². The van der Waals surface area contributed by atoms with Crippen LogP contribution in [-0.4, -0.2) is 58.3 Å². The lowest BCUT2D eigenvalue weighted by atomic mass is 10.1. The molecule has 10 nitrogen and oxygen atoms in total. The van der Waals surface area contributed by atoms with E-state index in [0.717, 1.165) is 41.8 Å². The maximum atomic E-state index is 12.8. The minimum atomic E-state index is 0.0901. The molecule has 0 fully saturated rings. The molecule has 1 aromatic carbocycles. The van der Waals surface area contributed by atoms with Gasteiger partial charge in [-0.15, -0.1) is 0 Å². The monoisotopic (exact) mass is 429 g/mol. The lowest BCUT2D eigenvalue weighted by Crippen LogP contribution is -2.36. The molecule has 1 amide bonds. The second kappa shape index (κ2) is 7.70. The maximum absolute atomic E-state index is 12.8. The molecule has 10 heteroatoms. The van der Waals surface area contributed by atoms with Crippen molar-refractivity contribution < 1.29 is 4.79 Å². The fourth-order valence-corrected chi connectivity index (χ4v) is 4.66. The average molecular weight is 429 g/mol. The first-order valence-corrected chi connectivity index (χ1v) is 10.9. The van der Waals surface area contributed by atoms with Crippen molar-refractivity contribution in [2.24, 2.45) is 4.99 Å². The van der Waals surface area contributed by atoms with Gasteiger partial charge in [-0.3, -0.25) is 9.79 Å². The molecule has 0 unspecified atom stereocenters. The first kappa shape index (κ1) is 18.9. The Labute approximate surface area is 183 Å². The summed E-state index contributed by atoms with van der Waals surface area (Å²) in [5, 5.41) is 10.9. The number of nitrogens with zero attached hydrogens (tertiary/aromatic N) is 7. The van der Waals surface area contributed by atoms with Crippen LogP contribution in [0.5, 0.6) is 0 Å². The second-order valence-corrected chi connectivity index (χ2v) is 8.35. The van der Waals surface area contributed by atoms with Gasteiger partial charge in [0.05, 0.1) is 30.9 Å². The summed E-state index contributed by atoms with van der Waals surface area (Å²) in [6, 6.07) is 8.68. The number of rotatable bonds is 4. The van der Waals surface area contributed by atoms with Crippen molar-refractivity contribution in [3.8, 4) is 0 Å². The zero-order valence-corrected chi connectivity index (χ0v) is 17.5. The number of carbonyl (C=O) groups excluding carboxylic acids is 1. The number of amides is 1. The van der Waals surface area contributed by atoms with Gasteiger partial charge in [0.25, 0.3) is 0 Å². The Balaban J connectivity index is 1.18. The van der Waals surface area contributed by atoms with Crippen LogP contribution in [0.25, 0.3) is 11.2 Å². The number of imidazole rings is 1. The second-order valence-electron chi connectivity index (χ2n) is 8.35. The molecule has 0 saturated heterocycles. The number of aryl methyl sites for hydroxylation is 1. The predicted molar refractivity (Wildman–Crippen MR) is 115 cm³/mol. The summed E-state index contributed by atoms with van der Waals surface area (Å²) >= 11 is 0. The van der Waals surface area contributed by atoms with E-state index in [1.54, 1.807) is 12.7 Å². The summed E-state index contributed by atoms with van der Waals surface area (Å²) in [5.74, 6) is 0.0901. The molecule has 32 heavy (non-hydrogen) atoms. The molecular weight excluding hydrogens is 406 g/mol. The first-order chi connectivity index (χ1) is 15.7. The number of carbonyl (C=O) groups is 1. The average Bonchev–Trinajstić information content (AvgIpc) is 3.56. The van der Waals surface area contributed by atoms with Gasteiger partial charge in [0.2, 0.25) is 5.91 Å². The lowest BCUT2D eigenvalue weighted by Gasteiger charge is -2.25. The van der Waals surface area contributed by atoms with Crippen LogP contribution in [-0.2, 0) is 37.1 Å². The smallest absolute Gasteiger partial charge is 0.224 e. The van der Waals surface area contributed by atoms with E-state index in [1.807, 2.05) is 9.47 Å². The zero-order valence-electron chi connectivity index (χ0n) is 17.5. The van der Waals surface area contributed by atoms with Gasteiger partial charge in [-0.25, -0.2) is 9.97 Å².